The van der Waals surface area contributed by atoms with Crippen LogP contribution in [-0.2, 0) is 4.79 Å². The third-order valence-electron chi connectivity index (χ3n) is 1.89. The number of ketones is 1. The Morgan fingerprint density at radius 1 is 1.29 bits per heavy atom. The van der Waals surface area contributed by atoms with E-state index in [1.807, 2.05) is 37.3 Å². The van der Waals surface area contributed by atoms with Gasteiger partial charge in [0.25, 0.3) is 0 Å². The number of carbonyl (C=O) groups is 1. The topological polar surface area (TPSA) is 17.1 Å². The van der Waals surface area contributed by atoms with Gasteiger partial charge < -0.3 is 0 Å². The Labute approximate surface area is 84.5 Å². The van der Waals surface area contributed by atoms with Crippen LogP contribution in [0.25, 0.3) is 0 Å². The van der Waals surface area contributed by atoms with E-state index in [1.54, 1.807) is 13.0 Å². The van der Waals surface area contributed by atoms with Crippen molar-refractivity contribution in [3.05, 3.63) is 47.5 Å². The van der Waals surface area contributed by atoms with Crippen LogP contribution in [0.3, 0.4) is 0 Å². The van der Waals surface area contributed by atoms with Gasteiger partial charge in [-0.3, -0.25) is 4.79 Å². The second-order valence-corrected chi connectivity index (χ2v) is 2.92. The summed E-state index contributed by atoms with van der Waals surface area (Å²) in [5.74, 6) is 5.30. The van der Waals surface area contributed by atoms with Gasteiger partial charge in [0.2, 0.25) is 5.78 Å². The molecule has 1 nitrogen and oxygen atoms in total. The highest BCUT2D eigenvalue weighted by Crippen LogP contribution is 1.96. The standard InChI is InChI=1S/C13H12O/c1-3-11(2)13(14)10-9-12-7-5-4-6-8-12/h3-8H,1-2H3/b11-3+. The van der Waals surface area contributed by atoms with Gasteiger partial charge in [-0.2, -0.15) is 0 Å². The van der Waals surface area contributed by atoms with Crippen molar-refractivity contribution >= 4 is 5.78 Å². The summed E-state index contributed by atoms with van der Waals surface area (Å²) in [6, 6.07) is 9.48. The monoisotopic (exact) mass is 184 g/mol. The van der Waals surface area contributed by atoms with Crippen LogP contribution in [0.2, 0.25) is 0 Å². The molecule has 0 aliphatic carbocycles. The van der Waals surface area contributed by atoms with Gasteiger partial charge in [-0.1, -0.05) is 30.2 Å². The van der Waals surface area contributed by atoms with Crippen LogP contribution in [0.4, 0.5) is 0 Å². The molecule has 0 aromatic heterocycles. The summed E-state index contributed by atoms with van der Waals surface area (Å²) in [6.07, 6.45) is 1.77. The van der Waals surface area contributed by atoms with E-state index in [-0.39, 0.29) is 5.78 Å². The fourth-order valence-corrected chi connectivity index (χ4v) is 0.880. The maximum absolute atomic E-state index is 11.3. The molecule has 1 aromatic rings. The van der Waals surface area contributed by atoms with Gasteiger partial charge in [-0.05, 0) is 31.9 Å². The first-order chi connectivity index (χ1) is 6.74. The van der Waals surface area contributed by atoms with Crippen LogP contribution in [0.5, 0.6) is 0 Å². The lowest BCUT2D eigenvalue weighted by Gasteiger charge is -1.88. The average molecular weight is 184 g/mol. The first kappa shape index (κ1) is 10.3. The van der Waals surface area contributed by atoms with Gasteiger partial charge in [0, 0.05) is 11.1 Å². The summed E-state index contributed by atoms with van der Waals surface area (Å²) in [5.41, 5.74) is 1.55. The van der Waals surface area contributed by atoms with E-state index in [2.05, 4.69) is 11.8 Å². The van der Waals surface area contributed by atoms with E-state index in [9.17, 15) is 4.79 Å². The number of benzene rings is 1. The van der Waals surface area contributed by atoms with Crippen molar-refractivity contribution < 1.29 is 4.79 Å². The predicted octanol–water partition coefficient (Wildman–Crippen LogP) is 2.57. The minimum Gasteiger partial charge on any atom is -0.280 e. The lowest BCUT2D eigenvalue weighted by atomic mass is 10.1. The molecule has 0 amide bonds. The minimum atomic E-state index is -0.114. The van der Waals surface area contributed by atoms with Crippen LogP contribution >= 0.6 is 0 Å². The minimum absolute atomic E-state index is 0.114. The summed E-state index contributed by atoms with van der Waals surface area (Å²) in [4.78, 5) is 11.3. The number of hydrogen-bond acceptors (Lipinski definition) is 1. The molecule has 0 bridgehead atoms. The molecule has 0 unspecified atom stereocenters. The second-order valence-electron chi connectivity index (χ2n) is 2.92. The van der Waals surface area contributed by atoms with Crippen LogP contribution in [0.15, 0.2) is 42.0 Å². The van der Waals surface area contributed by atoms with E-state index < -0.39 is 0 Å². The molecule has 0 radical (unpaired) electrons. The maximum atomic E-state index is 11.3. The molecule has 1 rings (SSSR count). The van der Waals surface area contributed by atoms with Crippen LogP contribution in [-0.4, -0.2) is 5.78 Å². The van der Waals surface area contributed by atoms with Crippen molar-refractivity contribution in [1.82, 2.24) is 0 Å². The van der Waals surface area contributed by atoms with Crippen molar-refractivity contribution in [2.24, 2.45) is 0 Å². The quantitative estimate of drug-likeness (QED) is 0.484. The molecule has 1 heteroatoms. The molecule has 1 aromatic carbocycles. The van der Waals surface area contributed by atoms with E-state index in [0.717, 1.165) is 5.56 Å². The van der Waals surface area contributed by atoms with E-state index in [4.69, 9.17) is 0 Å². The normalized spacial score (nSPS) is 10.3. The Morgan fingerprint density at radius 2 is 1.93 bits per heavy atom. The summed E-state index contributed by atoms with van der Waals surface area (Å²) in [7, 11) is 0. The molecule has 0 saturated carbocycles. The largest absolute Gasteiger partial charge is 0.280 e. The van der Waals surface area contributed by atoms with Crippen molar-refractivity contribution in [3.8, 4) is 11.8 Å². The molecule has 0 N–H and O–H groups in total. The molecule has 0 atom stereocenters. The smallest absolute Gasteiger partial charge is 0.231 e. The van der Waals surface area contributed by atoms with Gasteiger partial charge in [0.1, 0.15) is 0 Å². The zero-order valence-corrected chi connectivity index (χ0v) is 8.37. The van der Waals surface area contributed by atoms with Crippen molar-refractivity contribution in [1.29, 1.82) is 0 Å². The summed E-state index contributed by atoms with van der Waals surface area (Å²) < 4.78 is 0. The number of Topliss-reactive ketones (excluding diaryl/α,β-unsaturated/α-hetero) is 1. The van der Waals surface area contributed by atoms with E-state index >= 15 is 0 Å². The molecule has 0 aliphatic rings. The Kier molecular flexibility index (Phi) is 3.69. The molecule has 0 heterocycles. The lowest BCUT2D eigenvalue weighted by molar-refractivity contribution is -0.110. The van der Waals surface area contributed by atoms with Crippen molar-refractivity contribution in [2.75, 3.05) is 0 Å². The van der Waals surface area contributed by atoms with E-state index in [0.29, 0.717) is 5.57 Å². The second kappa shape index (κ2) is 5.04. The number of carbonyl (C=O) groups excluding carboxylic acids is 1. The molecular weight excluding hydrogens is 172 g/mol. The third kappa shape index (κ3) is 2.91. The summed E-state index contributed by atoms with van der Waals surface area (Å²) >= 11 is 0. The zero-order valence-electron chi connectivity index (χ0n) is 8.37. The van der Waals surface area contributed by atoms with Crippen molar-refractivity contribution in [2.45, 2.75) is 13.8 Å². The van der Waals surface area contributed by atoms with Crippen molar-refractivity contribution in [3.63, 3.8) is 0 Å². The van der Waals surface area contributed by atoms with Gasteiger partial charge in [-0.25, -0.2) is 0 Å². The molecular formula is C13H12O. The number of hydrogen-bond donors (Lipinski definition) is 0. The highest BCUT2D eigenvalue weighted by Gasteiger charge is 1.96. The molecule has 70 valence electrons. The van der Waals surface area contributed by atoms with Gasteiger partial charge in [-0.15, -0.1) is 0 Å². The fourth-order valence-electron chi connectivity index (χ4n) is 0.880. The Bertz CT molecular complexity index is 402. The van der Waals surface area contributed by atoms with Crippen LogP contribution in [0.1, 0.15) is 19.4 Å². The Balaban J connectivity index is 2.80. The Morgan fingerprint density at radius 3 is 2.50 bits per heavy atom. The van der Waals surface area contributed by atoms with Gasteiger partial charge in [0.15, 0.2) is 0 Å². The average Bonchev–Trinajstić information content (AvgIpc) is 2.26. The van der Waals surface area contributed by atoms with Crippen LogP contribution < -0.4 is 0 Å². The Hall–Kier alpha value is -1.81. The molecule has 0 spiro atoms. The fraction of sp³-hybridized carbons (Fsp3) is 0.154. The summed E-state index contributed by atoms with van der Waals surface area (Å²) in [5, 5.41) is 0. The van der Waals surface area contributed by atoms with Gasteiger partial charge in [0.05, 0.1) is 0 Å². The first-order valence-electron chi connectivity index (χ1n) is 4.48. The number of rotatable bonds is 1. The van der Waals surface area contributed by atoms with E-state index in [1.165, 1.54) is 0 Å². The molecule has 0 aliphatic heterocycles. The molecule has 14 heavy (non-hydrogen) atoms. The molecule has 0 fully saturated rings. The number of allylic oxidation sites excluding steroid dienone is 2. The highest BCUT2D eigenvalue weighted by molar-refractivity contribution is 6.08. The zero-order chi connectivity index (χ0) is 10.4. The summed E-state index contributed by atoms with van der Waals surface area (Å²) in [6.45, 7) is 3.60. The first-order valence-corrected chi connectivity index (χ1v) is 4.48. The molecule has 0 saturated heterocycles. The highest BCUT2D eigenvalue weighted by atomic mass is 16.1. The maximum Gasteiger partial charge on any atom is 0.231 e. The lowest BCUT2D eigenvalue weighted by Crippen LogP contribution is -1.93. The predicted molar refractivity (Wildman–Crippen MR) is 57.8 cm³/mol. The van der Waals surface area contributed by atoms with Crippen LogP contribution in [0, 0.1) is 11.8 Å². The third-order valence-corrected chi connectivity index (χ3v) is 1.89. The van der Waals surface area contributed by atoms with Gasteiger partial charge >= 0.3 is 0 Å². The SMILES string of the molecule is C/C=C(\C)C(=O)C#Cc1ccccc1.